The molecule has 1 saturated heterocycles. The van der Waals surface area contributed by atoms with Gasteiger partial charge in [-0.3, -0.25) is 24.8 Å². The first-order chi connectivity index (χ1) is 20.9. The second-order valence-corrected chi connectivity index (χ2v) is 13.5. The van der Waals surface area contributed by atoms with E-state index >= 15 is 0 Å². The topological polar surface area (TPSA) is 151 Å². The van der Waals surface area contributed by atoms with Crippen molar-refractivity contribution in [2.24, 2.45) is 0 Å². The van der Waals surface area contributed by atoms with E-state index in [0.29, 0.717) is 31.5 Å². The predicted octanol–water partition coefficient (Wildman–Crippen LogP) is 8.96. The number of carbonyl (C=O) groups excluding carboxylic acids is 1. The van der Waals surface area contributed by atoms with Crippen molar-refractivity contribution in [3.8, 4) is 0 Å². The minimum Gasteiger partial charge on any atom is -0.444 e. The lowest BCUT2D eigenvalue weighted by Crippen LogP contribution is -2.40. The fourth-order valence-electron chi connectivity index (χ4n) is 4.04. The third-order valence-electron chi connectivity index (χ3n) is 6.01. The van der Waals surface area contributed by atoms with Gasteiger partial charge in [0.15, 0.2) is 0 Å². The Hall–Kier alpha value is -3.16. The third kappa shape index (κ3) is 11.6. The summed E-state index contributed by atoms with van der Waals surface area (Å²) >= 11 is 11.9. The summed E-state index contributed by atoms with van der Waals surface area (Å²) in [6.07, 6.45) is 2.33. The average Bonchev–Trinajstić information content (AvgIpc) is 2.92. The second kappa shape index (κ2) is 16.4. The van der Waals surface area contributed by atoms with E-state index in [2.05, 4.69) is 0 Å². The van der Waals surface area contributed by atoms with Gasteiger partial charge >= 0.3 is 25.1 Å². The standard InChI is InChI=1S/C17H20ClFN2O4.C11H14ClFNO5P/c1-17(2,3)25-16(22)20-6-4-11(5-7-20)8-12-9-14(19)15(21(23)24)10-13(12)18;1-3-18-20(17,19-4-2)7-8-5-10(13)11(14(15)16)6-9(8)12/h8-10H,4-7H2,1-3H3;5-6H,3-4,7H2,1-2H3. The molecule has 12 nitrogen and oxygen atoms in total. The number of benzene rings is 2. The van der Waals surface area contributed by atoms with Gasteiger partial charge in [-0.15, -0.1) is 0 Å². The summed E-state index contributed by atoms with van der Waals surface area (Å²) < 4.78 is 55.1. The molecule has 248 valence electrons. The zero-order chi connectivity index (χ0) is 34.1. The van der Waals surface area contributed by atoms with Crippen LogP contribution in [0.3, 0.4) is 0 Å². The maximum absolute atomic E-state index is 13.8. The largest absolute Gasteiger partial charge is 0.444 e. The minimum absolute atomic E-state index is 0.0577. The number of ether oxygens (including phenoxy) is 1. The van der Waals surface area contributed by atoms with Crippen LogP contribution in [0.2, 0.25) is 10.0 Å². The Bertz CT molecular complexity index is 1480. The highest BCUT2D eigenvalue weighted by Gasteiger charge is 2.28. The molecule has 2 aromatic rings. The van der Waals surface area contributed by atoms with E-state index < -0.39 is 46.1 Å². The first-order valence-electron chi connectivity index (χ1n) is 13.7. The molecular formula is C28H34Cl2F2N3O9P. The average molecular weight is 696 g/mol. The van der Waals surface area contributed by atoms with Crippen molar-refractivity contribution >= 4 is 54.3 Å². The Kier molecular flexibility index (Phi) is 13.9. The number of piperidine rings is 1. The van der Waals surface area contributed by atoms with E-state index in [1.165, 1.54) is 0 Å². The Labute approximate surface area is 269 Å². The molecule has 1 aliphatic rings. The van der Waals surface area contributed by atoms with Crippen LogP contribution in [0.25, 0.3) is 6.08 Å². The van der Waals surface area contributed by atoms with Gasteiger partial charge in [0.05, 0.1) is 39.3 Å². The van der Waals surface area contributed by atoms with Crippen LogP contribution in [-0.4, -0.2) is 52.7 Å². The van der Waals surface area contributed by atoms with Crippen molar-refractivity contribution < 1.29 is 41.8 Å². The van der Waals surface area contributed by atoms with E-state index in [1.54, 1.807) is 24.8 Å². The molecule has 0 N–H and O–H groups in total. The van der Waals surface area contributed by atoms with Crippen molar-refractivity contribution in [2.75, 3.05) is 26.3 Å². The van der Waals surface area contributed by atoms with Crippen molar-refractivity contribution in [3.63, 3.8) is 0 Å². The molecule has 17 heteroatoms. The summed E-state index contributed by atoms with van der Waals surface area (Å²) in [6.45, 7) is 10.0. The summed E-state index contributed by atoms with van der Waals surface area (Å²) in [5.41, 5.74) is -0.398. The number of hydrogen-bond donors (Lipinski definition) is 0. The lowest BCUT2D eigenvalue weighted by molar-refractivity contribution is -0.387. The second-order valence-electron chi connectivity index (χ2n) is 10.6. The highest BCUT2D eigenvalue weighted by Crippen LogP contribution is 2.52. The molecule has 0 atom stereocenters. The van der Waals surface area contributed by atoms with Gasteiger partial charge in [0.2, 0.25) is 11.6 Å². The number of nitro benzene ring substituents is 2. The van der Waals surface area contributed by atoms with Crippen molar-refractivity contribution in [1.29, 1.82) is 0 Å². The highest BCUT2D eigenvalue weighted by atomic mass is 35.5. The molecule has 0 bridgehead atoms. The lowest BCUT2D eigenvalue weighted by atomic mass is 10.0. The van der Waals surface area contributed by atoms with Gasteiger partial charge in [0, 0.05) is 25.2 Å². The number of carbonyl (C=O) groups is 1. The van der Waals surface area contributed by atoms with Gasteiger partial charge < -0.3 is 18.7 Å². The molecule has 0 radical (unpaired) electrons. The molecule has 1 aliphatic heterocycles. The number of nitro groups is 2. The maximum atomic E-state index is 13.8. The summed E-state index contributed by atoms with van der Waals surface area (Å²) in [5.74, 6) is -1.97. The van der Waals surface area contributed by atoms with Crippen LogP contribution in [0, 0.1) is 31.9 Å². The predicted molar refractivity (Wildman–Crippen MR) is 166 cm³/mol. The van der Waals surface area contributed by atoms with Gasteiger partial charge in [-0.05, 0) is 70.7 Å². The molecule has 1 fully saturated rings. The zero-order valence-corrected chi connectivity index (χ0v) is 27.7. The molecule has 2 aromatic carbocycles. The van der Waals surface area contributed by atoms with Crippen molar-refractivity contribution in [3.05, 3.63) is 82.9 Å². The molecule has 45 heavy (non-hydrogen) atoms. The smallest absolute Gasteiger partial charge is 0.410 e. The number of likely N-dealkylation sites (tertiary alicyclic amines) is 1. The number of nitrogens with zero attached hydrogens (tertiary/aromatic N) is 3. The van der Waals surface area contributed by atoms with Crippen molar-refractivity contribution in [2.45, 2.75) is 59.2 Å². The zero-order valence-electron chi connectivity index (χ0n) is 25.3. The van der Waals surface area contributed by atoms with Gasteiger partial charge in [0.25, 0.3) is 0 Å². The number of rotatable bonds is 9. The molecule has 0 aromatic heterocycles. The van der Waals surface area contributed by atoms with Gasteiger partial charge in [-0.2, -0.15) is 8.78 Å². The van der Waals surface area contributed by atoms with E-state index in [4.69, 9.17) is 37.0 Å². The van der Waals surface area contributed by atoms with E-state index in [9.17, 15) is 38.4 Å². The summed E-state index contributed by atoms with van der Waals surface area (Å²) in [5, 5.41) is 21.4. The summed E-state index contributed by atoms with van der Waals surface area (Å²) in [6, 6.07) is 3.84. The molecule has 3 rings (SSSR count). The normalized spacial score (nSPS) is 13.5. The van der Waals surface area contributed by atoms with Crippen LogP contribution in [0.5, 0.6) is 0 Å². The van der Waals surface area contributed by atoms with Crippen LogP contribution in [0.15, 0.2) is 29.8 Å². The number of amides is 1. The third-order valence-corrected chi connectivity index (χ3v) is 8.72. The fourth-order valence-corrected chi connectivity index (χ4v) is 6.29. The monoisotopic (exact) mass is 695 g/mol. The molecular weight excluding hydrogens is 662 g/mol. The van der Waals surface area contributed by atoms with Crippen molar-refractivity contribution in [1.82, 2.24) is 4.90 Å². The summed E-state index contributed by atoms with van der Waals surface area (Å²) in [7, 11) is -3.45. The van der Waals surface area contributed by atoms with Gasteiger partial charge in [-0.1, -0.05) is 34.9 Å². The summed E-state index contributed by atoms with van der Waals surface area (Å²) in [4.78, 5) is 33.3. The van der Waals surface area contributed by atoms with Gasteiger partial charge in [-0.25, -0.2) is 4.79 Å². The van der Waals surface area contributed by atoms with Crippen LogP contribution in [0.1, 0.15) is 58.6 Å². The van der Waals surface area contributed by atoms with E-state index in [0.717, 1.165) is 29.8 Å². The Morgan fingerprint density at radius 1 is 0.956 bits per heavy atom. The lowest BCUT2D eigenvalue weighted by Gasteiger charge is -2.31. The Morgan fingerprint density at radius 3 is 1.91 bits per heavy atom. The van der Waals surface area contributed by atoms with E-state index in [-0.39, 0.29) is 41.1 Å². The van der Waals surface area contributed by atoms with Crippen LogP contribution < -0.4 is 0 Å². The number of halogens is 4. The molecule has 0 spiro atoms. The molecule has 1 amide bonds. The van der Waals surface area contributed by atoms with Crippen LogP contribution in [0.4, 0.5) is 25.0 Å². The van der Waals surface area contributed by atoms with E-state index in [1.807, 2.05) is 20.8 Å². The van der Waals surface area contributed by atoms with Crippen LogP contribution >= 0.6 is 30.8 Å². The SMILES string of the molecule is CC(C)(C)OC(=O)N1CCC(=Cc2cc(F)c([N+](=O)[O-])cc2Cl)CC1.CCOP(=O)(Cc1cc(F)c([N+](=O)[O-])cc1Cl)OCC. The molecule has 0 saturated carbocycles. The number of hydrogen-bond acceptors (Lipinski definition) is 9. The molecule has 0 aliphatic carbocycles. The first kappa shape index (κ1) is 38.0. The Balaban J connectivity index is 0.000000322. The Morgan fingerprint density at radius 2 is 1.44 bits per heavy atom. The molecule has 0 unspecified atom stereocenters. The maximum Gasteiger partial charge on any atom is 0.410 e. The quantitative estimate of drug-likeness (QED) is 0.142. The van der Waals surface area contributed by atoms with Gasteiger partial charge in [0.1, 0.15) is 5.60 Å². The minimum atomic E-state index is -3.45. The molecule has 1 heterocycles. The highest BCUT2D eigenvalue weighted by molar-refractivity contribution is 7.53. The first-order valence-corrected chi connectivity index (χ1v) is 16.2. The van der Waals surface area contributed by atoms with Crippen LogP contribution in [-0.2, 0) is 24.5 Å². The fraction of sp³-hybridized carbons (Fsp3) is 0.464.